The van der Waals surface area contributed by atoms with Gasteiger partial charge in [0.05, 0.1) is 4.47 Å². The maximum atomic E-state index is 13.6. The number of carbonyl (C=O) groups is 2. The fraction of sp³-hybridized carbons (Fsp3) is 0.207. The number of amides is 2. The predicted octanol–water partition coefficient (Wildman–Crippen LogP) is 2.66. The second-order valence-corrected chi connectivity index (χ2v) is 9.35. The molecule has 0 bridgehead atoms. The highest BCUT2D eigenvalue weighted by Gasteiger charge is 2.22. The second-order valence-electron chi connectivity index (χ2n) is 8.44. The lowest BCUT2D eigenvalue weighted by Crippen LogP contribution is -3.00. The number of anilines is 1. The molecule has 0 radical (unpaired) electrons. The molecule has 0 aliphatic heterocycles. The van der Waals surface area contributed by atoms with Crippen molar-refractivity contribution in [1.82, 2.24) is 5.32 Å². The summed E-state index contributed by atoms with van der Waals surface area (Å²) in [5.41, 5.74) is 2.41. The number of nitrogens with one attached hydrogen (secondary N) is 1. The highest BCUT2D eigenvalue weighted by Crippen LogP contribution is 2.20. The van der Waals surface area contributed by atoms with Gasteiger partial charge in [-0.2, -0.15) is 0 Å². The first kappa shape index (κ1) is 27.4. The summed E-state index contributed by atoms with van der Waals surface area (Å²) in [4.78, 5) is 28.0. The molecule has 2 amide bonds. The van der Waals surface area contributed by atoms with Gasteiger partial charge < -0.3 is 22.6 Å². The van der Waals surface area contributed by atoms with E-state index >= 15 is 0 Å². The number of para-hydroxylation sites is 1. The van der Waals surface area contributed by atoms with Crippen LogP contribution in [0, 0.1) is 0 Å². The highest BCUT2D eigenvalue weighted by molar-refractivity contribution is 9.10. The van der Waals surface area contributed by atoms with E-state index in [4.69, 9.17) is 0 Å². The molecule has 0 aliphatic carbocycles. The Balaban J connectivity index is 0.00000361. The van der Waals surface area contributed by atoms with Gasteiger partial charge in [0.1, 0.15) is 12.1 Å². The number of halogens is 2. The van der Waals surface area contributed by atoms with Crippen LogP contribution in [-0.2, 0) is 17.9 Å². The summed E-state index contributed by atoms with van der Waals surface area (Å²) in [6.45, 7) is 3.65. The van der Waals surface area contributed by atoms with Crippen molar-refractivity contribution < 1.29 is 26.6 Å². The quantitative estimate of drug-likeness (QED) is 0.317. The Bertz CT molecular complexity index is 1330. The van der Waals surface area contributed by atoms with E-state index in [2.05, 4.69) is 46.4 Å². The average molecular weight is 567 g/mol. The van der Waals surface area contributed by atoms with E-state index in [1.807, 2.05) is 77.6 Å². The standard InChI is InChI=1S/C29H28BrN3O2.ClH/c1-2-16-32-20-24(18-25(30)21-32)29(35)33(26-12-4-3-5-13-26)17-15-28(34)31-19-23-11-8-10-22-9-6-7-14-27(22)23;/h3-14,18,20-21H,2,15-17,19H2,1H3;1H. The third-order valence-corrected chi connectivity index (χ3v) is 6.28. The van der Waals surface area contributed by atoms with Crippen LogP contribution in [0.1, 0.15) is 35.7 Å². The van der Waals surface area contributed by atoms with E-state index in [0.717, 1.165) is 39.5 Å². The van der Waals surface area contributed by atoms with E-state index < -0.39 is 0 Å². The molecule has 186 valence electrons. The van der Waals surface area contributed by atoms with Crippen LogP contribution in [0.15, 0.2) is 95.7 Å². The Kier molecular flexibility index (Phi) is 10.0. The molecule has 5 nitrogen and oxygen atoms in total. The molecule has 0 saturated heterocycles. The number of hydrogen-bond acceptors (Lipinski definition) is 2. The molecular weight excluding hydrogens is 538 g/mol. The van der Waals surface area contributed by atoms with Gasteiger partial charge in [0.25, 0.3) is 5.91 Å². The van der Waals surface area contributed by atoms with Gasteiger partial charge in [0, 0.05) is 31.6 Å². The number of hydrogen-bond donors (Lipinski definition) is 1. The van der Waals surface area contributed by atoms with Crippen LogP contribution in [0.5, 0.6) is 0 Å². The Morgan fingerprint density at radius 3 is 2.44 bits per heavy atom. The van der Waals surface area contributed by atoms with Crippen LogP contribution >= 0.6 is 15.9 Å². The Hall–Kier alpha value is -3.22. The summed E-state index contributed by atoms with van der Waals surface area (Å²) in [5, 5.41) is 5.30. The van der Waals surface area contributed by atoms with Crippen molar-refractivity contribution >= 4 is 44.2 Å². The van der Waals surface area contributed by atoms with Crippen molar-refractivity contribution in [1.29, 1.82) is 0 Å². The number of benzene rings is 3. The molecule has 0 fully saturated rings. The van der Waals surface area contributed by atoms with Crippen LogP contribution in [-0.4, -0.2) is 18.4 Å². The van der Waals surface area contributed by atoms with Crippen molar-refractivity contribution in [2.24, 2.45) is 0 Å². The molecule has 1 N–H and O–H groups in total. The molecular formula is C29H29BrClN3O2. The van der Waals surface area contributed by atoms with Gasteiger partial charge in [-0.15, -0.1) is 0 Å². The number of aryl methyl sites for hydroxylation is 1. The molecule has 0 spiro atoms. The molecule has 7 heteroatoms. The van der Waals surface area contributed by atoms with Crippen LogP contribution in [0.3, 0.4) is 0 Å². The lowest BCUT2D eigenvalue weighted by atomic mass is 10.0. The second kappa shape index (κ2) is 13.2. The molecule has 0 aliphatic rings. The molecule has 3 aromatic carbocycles. The predicted molar refractivity (Wildman–Crippen MR) is 143 cm³/mol. The molecule has 4 aromatic rings. The summed E-state index contributed by atoms with van der Waals surface area (Å²) in [6, 6.07) is 25.6. The number of nitrogens with zero attached hydrogens (tertiary/aromatic N) is 2. The van der Waals surface area contributed by atoms with E-state index in [1.165, 1.54) is 0 Å². The first-order chi connectivity index (χ1) is 17.0. The van der Waals surface area contributed by atoms with Gasteiger partial charge in [-0.05, 0) is 50.5 Å². The number of fused-ring (bicyclic) bond motifs is 1. The number of pyridine rings is 1. The zero-order valence-corrected chi connectivity index (χ0v) is 22.5. The summed E-state index contributed by atoms with van der Waals surface area (Å²) in [7, 11) is 0. The minimum atomic E-state index is -0.135. The lowest BCUT2D eigenvalue weighted by molar-refractivity contribution is -0.697. The normalized spacial score (nSPS) is 10.5. The van der Waals surface area contributed by atoms with Crippen LogP contribution in [0.25, 0.3) is 10.8 Å². The van der Waals surface area contributed by atoms with Gasteiger partial charge in [-0.25, -0.2) is 4.57 Å². The van der Waals surface area contributed by atoms with Gasteiger partial charge in [0.15, 0.2) is 12.4 Å². The fourth-order valence-corrected chi connectivity index (χ4v) is 4.67. The summed E-state index contributed by atoms with van der Waals surface area (Å²) in [6.07, 6.45) is 5.00. The third-order valence-electron chi connectivity index (χ3n) is 5.85. The minimum absolute atomic E-state index is 0. The van der Waals surface area contributed by atoms with E-state index in [0.29, 0.717) is 12.1 Å². The van der Waals surface area contributed by atoms with Gasteiger partial charge in [0.2, 0.25) is 5.91 Å². The topological polar surface area (TPSA) is 53.3 Å². The fourth-order valence-electron chi connectivity index (χ4n) is 4.16. The third kappa shape index (κ3) is 6.93. The highest BCUT2D eigenvalue weighted by atomic mass is 79.9. The van der Waals surface area contributed by atoms with Crippen LogP contribution in [0.4, 0.5) is 5.69 Å². The van der Waals surface area contributed by atoms with Crippen molar-refractivity contribution in [3.05, 3.63) is 107 Å². The molecule has 1 heterocycles. The Morgan fingerprint density at radius 2 is 1.67 bits per heavy atom. The molecule has 4 rings (SSSR count). The Morgan fingerprint density at radius 1 is 0.944 bits per heavy atom. The maximum Gasteiger partial charge on any atom is 0.264 e. The van der Waals surface area contributed by atoms with Gasteiger partial charge >= 0.3 is 0 Å². The number of rotatable bonds is 9. The van der Waals surface area contributed by atoms with Gasteiger partial charge in [-0.1, -0.05) is 67.6 Å². The number of carbonyl (C=O) groups excluding carboxylic acids is 2. The molecule has 0 unspecified atom stereocenters. The molecule has 0 saturated carbocycles. The van der Waals surface area contributed by atoms with Crippen molar-refractivity contribution in [2.45, 2.75) is 32.9 Å². The smallest absolute Gasteiger partial charge is 0.264 e. The van der Waals surface area contributed by atoms with Gasteiger partial charge in [-0.3, -0.25) is 9.59 Å². The Labute approximate surface area is 226 Å². The SMILES string of the molecule is CCC[n+]1cc(Br)cc(C(=O)N(CCC(=O)NCc2cccc3ccccc23)c2ccccc2)c1.[Cl-]. The van der Waals surface area contributed by atoms with E-state index in [-0.39, 0.29) is 37.2 Å². The van der Waals surface area contributed by atoms with E-state index in [1.54, 1.807) is 4.90 Å². The zero-order valence-electron chi connectivity index (χ0n) is 20.2. The largest absolute Gasteiger partial charge is 1.00 e. The lowest BCUT2D eigenvalue weighted by Gasteiger charge is -2.22. The minimum Gasteiger partial charge on any atom is -1.00 e. The average Bonchev–Trinajstić information content (AvgIpc) is 2.88. The summed E-state index contributed by atoms with van der Waals surface area (Å²) in [5.74, 6) is -0.230. The van der Waals surface area contributed by atoms with Crippen LogP contribution in [0.2, 0.25) is 0 Å². The van der Waals surface area contributed by atoms with Crippen molar-refractivity contribution in [3.8, 4) is 0 Å². The zero-order chi connectivity index (χ0) is 24.6. The monoisotopic (exact) mass is 565 g/mol. The summed E-state index contributed by atoms with van der Waals surface area (Å²) >= 11 is 3.52. The maximum absolute atomic E-state index is 13.6. The molecule has 1 aromatic heterocycles. The molecule has 36 heavy (non-hydrogen) atoms. The van der Waals surface area contributed by atoms with Crippen LogP contribution < -0.4 is 27.2 Å². The molecule has 0 atom stereocenters. The summed E-state index contributed by atoms with van der Waals surface area (Å²) < 4.78 is 2.86. The van der Waals surface area contributed by atoms with Crippen molar-refractivity contribution in [2.75, 3.05) is 11.4 Å². The first-order valence-corrected chi connectivity index (χ1v) is 12.6. The van der Waals surface area contributed by atoms with Crippen molar-refractivity contribution in [3.63, 3.8) is 0 Å². The first-order valence-electron chi connectivity index (χ1n) is 11.8. The number of aromatic nitrogens is 1. The van der Waals surface area contributed by atoms with E-state index in [9.17, 15) is 9.59 Å².